The van der Waals surface area contributed by atoms with Crippen molar-refractivity contribution < 1.29 is 0 Å². The van der Waals surface area contributed by atoms with Crippen molar-refractivity contribution in [1.82, 2.24) is 0 Å². The van der Waals surface area contributed by atoms with Crippen LogP contribution in [0, 0.1) is 0 Å². The minimum atomic E-state index is -0.593. The summed E-state index contributed by atoms with van der Waals surface area (Å²) in [6, 6.07) is 31.1. The standard InChI is InChI=1S/C24H25B5S/c25-20-19(21(26)23(28)24(29)22(20)27)15-8-7-13-18(14-15)30(16-9-3-1-4-10-16)17-11-5-2-6-12-17/h1-14,30H,25-29H2. The molecule has 0 aliphatic heterocycles. The van der Waals surface area contributed by atoms with Gasteiger partial charge in [0.15, 0.2) is 0 Å². The number of hydrogen-bond donors (Lipinski definition) is 1. The third kappa shape index (κ3) is 3.81. The minimum absolute atomic E-state index is 0.593. The molecule has 6 heteroatoms. The van der Waals surface area contributed by atoms with Gasteiger partial charge in [0, 0.05) is 0 Å². The fourth-order valence-corrected chi connectivity index (χ4v) is 6.67. The molecule has 0 nitrogen and oxygen atoms in total. The Morgan fingerprint density at radius 3 is 1.37 bits per heavy atom. The zero-order valence-corrected chi connectivity index (χ0v) is 19.4. The lowest BCUT2D eigenvalue weighted by molar-refractivity contribution is 1.33. The average Bonchev–Trinajstić information content (AvgIpc) is 2.78. The Bertz CT molecular complexity index is 1120. The van der Waals surface area contributed by atoms with Crippen molar-refractivity contribution in [3.63, 3.8) is 0 Å². The highest BCUT2D eigenvalue weighted by molar-refractivity contribution is 8.17. The zero-order valence-electron chi connectivity index (χ0n) is 18.5. The number of benzene rings is 4. The number of thiol groups is 1. The number of rotatable bonds is 4. The summed E-state index contributed by atoms with van der Waals surface area (Å²) >= 11 is 0. The smallest absolute Gasteiger partial charge is 0.139 e. The lowest BCUT2D eigenvalue weighted by Gasteiger charge is -2.25. The van der Waals surface area contributed by atoms with Crippen molar-refractivity contribution in [2.24, 2.45) is 0 Å². The molecule has 0 fully saturated rings. The lowest BCUT2D eigenvalue weighted by Crippen LogP contribution is -2.55. The quantitative estimate of drug-likeness (QED) is 0.302. The van der Waals surface area contributed by atoms with E-state index in [0.29, 0.717) is 0 Å². The first-order valence-electron chi connectivity index (χ1n) is 10.6. The second-order valence-electron chi connectivity index (χ2n) is 8.06. The molecule has 0 atom stereocenters. The van der Waals surface area contributed by atoms with Gasteiger partial charge in [0.2, 0.25) is 0 Å². The van der Waals surface area contributed by atoms with Crippen molar-refractivity contribution in [3.8, 4) is 11.1 Å². The molecule has 0 aliphatic rings. The Balaban J connectivity index is 1.91. The highest BCUT2D eigenvalue weighted by Gasteiger charge is 2.16. The summed E-state index contributed by atoms with van der Waals surface area (Å²) in [4.78, 5) is 4.18. The summed E-state index contributed by atoms with van der Waals surface area (Å²) in [5.41, 5.74) is 9.76. The van der Waals surface area contributed by atoms with Crippen molar-refractivity contribution in [3.05, 3.63) is 84.9 Å². The molecule has 4 aromatic rings. The highest BCUT2D eigenvalue weighted by Crippen LogP contribution is 2.51. The third-order valence-corrected chi connectivity index (χ3v) is 8.85. The van der Waals surface area contributed by atoms with Gasteiger partial charge in [-0.3, -0.25) is 0 Å². The van der Waals surface area contributed by atoms with E-state index in [0.717, 1.165) is 0 Å². The number of hydrogen-bond acceptors (Lipinski definition) is 0. The second kappa shape index (κ2) is 8.74. The molecule has 30 heavy (non-hydrogen) atoms. The molecule has 0 saturated carbocycles. The van der Waals surface area contributed by atoms with Crippen molar-refractivity contribution in [1.29, 1.82) is 0 Å². The van der Waals surface area contributed by atoms with E-state index in [1.165, 1.54) is 53.1 Å². The van der Waals surface area contributed by atoms with Gasteiger partial charge < -0.3 is 0 Å². The topological polar surface area (TPSA) is 0 Å². The van der Waals surface area contributed by atoms with E-state index in [1.807, 2.05) is 0 Å². The highest BCUT2D eigenvalue weighted by atomic mass is 32.2. The monoisotopic (exact) mass is 400 g/mol. The van der Waals surface area contributed by atoms with Gasteiger partial charge in [-0.05, 0) is 62.2 Å². The minimum Gasteiger partial charge on any atom is -0.173 e. The van der Waals surface area contributed by atoms with Gasteiger partial charge in [0.05, 0.1) is 0 Å². The molecule has 0 radical (unpaired) electrons. The third-order valence-electron chi connectivity index (χ3n) is 6.42. The largest absolute Gasteiger partial charge is 0.173 e. The molecule has 0 saturated heterocycles. The fraction of sp³-hybridized carbons (Fsp3) is 0. The first-order chi connectivity index (χ1) is 14.5. The molecular formula is C24H25B5S. The SMILES string of the molecule is Bc1c(B)c(B)c(-c2cccc([SH](c3ccccc3)c3ccccc3)c2)c(B)c1B. The normalized spacial score (nSPS) is 11.3. The van der Waals surface area contributed by atoms with Crippen LogP contribution in [0.4, 0.5) is 0 Å². The Morgan fingerprint density at radius 2 is 0.867 bits per heavy atom. The Labute approximate surface area is 187 Å². The second-order valence-corrected chi connectivity index (χ2v) is 10.3. The lowest BCUT2D eigenvalue weighted by atomic mass is 9.60. The summed E-state index contributed by atoms with van der Waals surface area (Å²) in [6.45, 7) is 0. The van der Waals surface area contributed by atoms with Crippen LogP contribution in [0.25, 0.3) is 11.1 Å². The fourth-order valence-electron chi connectivity index (χ4n) is 4.33. The van der Waals surface area contributed by atoms with Crippen LogP contribution in [0.2, 0.25) is 0 Å². The first kappa shape index (κ1) is 20.8. The molecule has 4 rings (SSSR count). The summed E-state index contributed by atoms with van der Waals surface area (Å²) in [5.74, 6) is 0. The summed E-state index contributed by atoms with van der Waals surface area (Å²) in [7, 11) is 10.7. The predicted molar refractivity (Wildman–Crippen MR) is 149 cm³/mol. The van der Waals surface area contributed by atoms with Crippen LogP contribution < -0.4 is 27.3 Å². The van der Waals surface area contributed by atoms with E-state index < -0.39 is 10.9 Å². The molecule has 0 spiro atoms. The predicted octanol–water partition coefficient (Wildman–Crippen LogP) is -1.88. The van der Waals surface area contributed by atoms with Crippen LogP contribution in [-0.2, 0) is 0 Å². The molecule has 4 aromatic carbocycles. The van der Waals surface area contributed by atoms with Gasteiger partial charge in [0.25, 0.3) is 0 Å². The van der Waals surface area contributed by atoms with Crippen LogP contribution in [0.3, 0.4) is 0 Å². The van der Waals surface area contributed by atoms with Gasteiger partial charge in [0.1, 0.15) is 39.2 Å². The average molecular weight is 400 g/mol. The molecule has 0 amide bonds. The van der Waals surface area contributed by atoms with Crippen molar-refractivity contribution in [2.75, 3.05) is 0 Å². The molecule has 0 aliphatic carbocycles. The summed E-state index contributed by atoms with van der Waals surface area (Å²) < 4.78 is 0. The Hall–Kier alpha value is -2.45. The van der Waals surface area contributed by atoms with E-state index in [2.05, 4.69) is 124 Å². The zero-order chi connectivity index (χ0) is 21.3. The van der Waals surface area contributed by atoms with Crippen LogP contribution in [0.15, 0.2) is 99.6 Å². The van der Waals surface area contributed by atoms with Gasteiger partial charge in [-0.25, -0.2) is 0 Å². The van der Waals surface area contributed by atoms with Crippen molar-refractivity contribution in [2.45, 2.75) is 14.7 Å². The van der Waals surface area contributed by atoms with Crippen molar-refractivity contribution >= 4 is 77.4 Å². The van der Waals surface area contributed by atoms with E-state index in [9.17, 15) is 0 Å². The maximum Gasteiger partial charge on any atom is 0.139 e. The van der Waals surface area contributed by atoms with E-state index >= 15 is 0 Å². The molecule has 0 bridgehead atoms. The molecule has 0 N–H and O–H groups in total. The van der Waals surface area contributed by atoms with Crippen LogP contribution in [0.5, 0.6) is 0 Å². The van der Waals surface area contributed by atoms with E-state index in [1.54, 1.807) is 0 Å². The molecule has 0 aromatic heterocycles. The Kier molecular flexibility index (Phi) is 6.06. The van der Waals surface area contributed by atoms with Gasteiger partial charge in [-0.2, -0.15) is 10.9 Å². The van der Waals surface area contributed by atoms with E-state index in [4.69, 9.17) is 0 Å². The maximum absolute atomic E-state index is 2.43. The van der Waals surface area contributed by atoms with Crippen LogP contribution in [0.1, 0.15) is 0 Å². The molecule has 142 valence electrons. The molecule has 0 unspecified atom stereocenters. The van der Waals surface area contributed by atoms with Gasteiger partial charge in [-0.15, -0.1) is 16.4 Å². The summed E-state index contributed by atoms with van der Waals surface area (Å²) in [6.07, 6.45) is 0. The van der Waals surface area contributed by atoms with Gasteiger partial charge in [-0.1, -0.05) is 59.5 Å². The first-order valence-corrected chi connectivity index (χ1v) is 11.9. The van der Waals surface area contributed by atoms with Crippen LogP contribution in [-0.4, -0.2) is 39.2 Å². The summed E-state index contributed by atoms with van der Waals surface area (Å²) in [5, 5.41) is 0. The van der Waals surface area contributed by atoms with E-state index in [-0.39, 0.29) is 0 Å². The Morgan fingerprint density at radius 1 is 0.433 bits per heavy atom. The molecular weight excluding hydrogens is 374 g/mol. The van der Waals surface area contributed by atoms with Gasteiger partial charge >= 0.3 is 0 Å². The maximum atomic E-state index is 2.43. The van der Waals surface area contributed by atoms with Crippen LogP contribution >= 0.6 is 10.9 Å². The molecule has 0 heterocycles.